The van der Waals surface area contributed by atoms with Crippen molar-refractivity contribution in [3.8, 4) is 0 Å². The molecule has 3 rings (SSSR count). The van der Waals surface area contributed by atoms with Crippen molar-refractivity contribution in [1.29, 1.82) is 0 Å². The molecule has 0 bridgehead atoms. The lowest BCUT2D eigenvalue weighted by Crippen LogP contribution is -2.49. The molecule has 1 aliphatic heterocycles. The van der Waals surface area contributed by atoms with E-state index in [9.17, 15) is 13.6 Å². The third kappa shape index (κ3) is 3.11. The van der Waals surface area contributed by atoms with E-state index in [2.05, 4.69) is 4.90 Å². The molecule has 120 valence electrons. The Hall–Kier alpha value is -2.63. The molecule has 2 aromatic carbocycles. The van der Waals surface area contributed by atoms with Gasteiger partial charge in [0.2, 0.25) is 0 Å². The lowest BCUT2D eigenvalue weighted by Gasteiger charge is -2.36. The van der Waals surface area contributed by atoms with Crippen molar-refractivity contribution in [2.45, 2.75) is 0 Å². The Balaban J connectivity index is 1.70. The number of rotatable bonds is 2. The van der Waals surface area contributed by atoms with Crippen molar-refractivity contribution in [3.05, 3.63) is 59.7 Å². The molecule has 0 atom stereocenters. The molecule has 1 heterocycles. The average molecular weight is 317 g/mol. The minimum absolute atomic E-state index is 0.0112. The van der Waals surface area contributed by atoms with E-state index in [1.165, 1.54) is 0 Å². The number of carbonyl (C=O) groups is 1. The molecule has 0 aliphatic carbocycles. The molecule has 0 spiro atoms. The third-order valence-corrected chi connectivity index (χ3v) is 4.01. The van der Waals surface area contributed by atoms with Gasteiger partial charge in [-0.1, -0.05) is 18.2 Å². The van der Waals surface area contributed by atoms with E-state index >= 15 is 0 Å². The number of anilines is 2. The second-order valence-corrected chi connectivity index (χ2v) is 5.47. The Morgan fingerprint density at radius 1 is 0.957 bits per heavy atom. The highest BCUT2D eigenvalue weighted by molar-refractivity contribution is 5.99. The van der Waals surface area contributed by atoms with Gasteiger partial charge in [0.1, 0.15) is 0 Å². The van der Waals surface area contributed by atoms with E-state index in [1.807, 2.05) is 30.3 Å². The minimum Gasteiger partial charge on any atom is -0.398 e. The third-order valence-electron chi connectivity index (χ3n) is 4.01. The topological polar surface area (TPSA) is 49.6 Å². The van der Waals surface area contributed by atoms with Crippen LogP contribution in [0.1, 0.15) is 10.4 Å². The van der Waals surface area contributed by atoms with Gasteiger partial charge in [0.25, 0.3) is 5.91 Å². The quantitative estimate of drug-likeness (QED) is 0.866. The van der Waals surface area contributed by atoms with Gasteiger partial charge in [0, 0.05) is 43.6 Å². The minimum atomic E-state index is -1.06. The summed E-state index contributed by atoms with van der Waals surface area (Å²) in [6.45, 7) is 2.37. The first-order chi connectivity index (χ1) is 11.1. The van der Waals surface area contributed by atoms with Gasteiger partial charge in [-0.3, -0.25) is 4.79 Å². The number of amides is 1. The molecule has 4 nitrogen and oxygen atoms in total. The van der Waals surface area contributed by atoms with Crippen LogP contribution < -0.4 is 10.6 Å². The Kier molecular flexibility index (Phi) is 4.14. The number of carbonyl (C=O) groups excluding carboxylic acids is 1. The molecule has 23 heavy (non-hydrogen) atoms. The van der Waals surface area contributed by atoms with Crippen molar-refractivity contribution in [2.75, 3.05) is 36.8 Å². The molecule has 0 radical (unpaired) electrons. The van der Waals surface area contributed by atoms with Crippen molar-refractivity contribution >= 4 is 17.3 Å². The number of para-hydroxylation sites is 1. The van der Waals surface area contributed by atoms with Crippen LogP contribution in [0, 0.1) is 11.6 Å². The molecule has 6 heteroatoms. The second-order valence-electron chi connectivity index (χ2n) is 5.47. The lowest BCUT2D eigenvalue weighted by molar-refractivity contribution is 0.0747. The predicted molar refractivity (Wildman–Crippen MR) is 85.3 cm³/mol. The highest BCUT2D eigenvalue weighted by Gasteiger charge is 2.24. The number of nitrogens with two attached hydrogens (primary N) is 1. The van der Waals surface area contributed by atoms with Crippen LogP contribution in [0.3, 0.4) is 0 Å². The predicted octanol–water partition coefficient (Wildman–Crippen LogP) is 2.51. The summed E-state index contributed by atoms with van der Waals surface area (Å²) >= 11 is 0. The lowest BCUT2D eigenvalue weighted by atomic mass is 10.1. The van der Waals surface area contributed by atoms with Crippen LogP contribution in [0.15, 0.2) is 42.5 Å². The smallest absolute Gasteiger partial charge is 0.256 e. The molecule has 1 aliphatic rings. The molecule has 0 unspecified atom stereocenters. The van der Waals surface area contributed by atoms with E-state index in [-0.39, 0.29) is 17.2 Å². The molecule has 1 fully saturated rings. The van der Waals surface area contributed by atoms with Crippen LogP contribution in [0.25, 0.3) is 0 Å². The first-order valence-electron chi connectivity index (χ1n) is 7.40. The van der Waals surface area contributed by atoms with Gasteiger partial charge >= 0.3 is 0 Å². The maximum absolute atomic E-state index is 13.4. The number of piperazine rings is 1. The molecule has 2 N–H and O–H groups in total. The van der Waals surface area contributed by atoms with E-state index in [1.54, 1.807) is 4.90 Å². The summed E-state index contributed by atoms with van der Waals surface area (Å²) < 4.78 is 26.5. The van der Waals surface area contributed by atoms with E-state index < -0.39 is 11.6 Å². The maximum atomic E-state index is 13.4. The van der Waals surface area contributed by atoms with Gasteiger partial charge in [-0.15, -0.1) is 0 Å². The summed E-state index contributed by atoms with van der Waals surface area (Å²) in [4.78, 5) is 16.3. The first kappa shape index (κ1) is 15.3. The van der Waals surface area contributed by atoms with E-state index in [4.69, 9.17) is 5.73 Å². The summed E-state index contributed by atoms with van der Waals surface area (Å²) in [5, 5.41) is 0. The number of hydrogen-bond acceptors (Lipinski definition) is 3. The fourth-order valence-corrected chi connectivity index (χ4v) is 2.72. The van der Waals surface area contributed by atoms with Gasteiger partial charge in [0.15, 0.2) is 11.6 Å². The fourth-order valence-electron chi connectivity index (χ4n) is 2.72. The van der Waals surface area contributed by atoms with Crippen LogP contribution >= 0.6 is 0 Å². The first-order valence-corrected chi connectivity index (χ1v) is 7.40. The number of halogens is 2. The molecule has 0 aromatic heterocycles. The number of benzene rings is 2. The Bertz CT molecular complexity index is 713. The summed E-state index contributed by atoms with van der Waals surface area (Å²) in [6, 6.07) is 11.6. The molecule has 1 amide bonds. The summed E-state index contributed by atoms with van der Waals surface area (Å²) in [5.41, 5.74) is 6.72. The van der Waals surface area contributed by atoms with Gasteiger partial charge in [-0.25, -0.2) is 8.78 Å². The van der Waals surface area contributed by atoms with Crippen molar-refractivity contribution < 1.29 is 13.6 Å². The standard InChI is InChI=1S/C17H17F2N3O/c18-14-10-13(16(20)11-15(14)19)17(23)22-8-6-21(7-9-22)12-4-2-1-3-5-12/h1-5,10-11H,6-9,20H2. The van der Waals surface area contributed by atoms with Gasteiger partial charge in [-0.2, -0.15) is 0 Å². The number of nitrogen functional groups attached to an aromatic ring is 1. The summed E-state index contributed by atoms with van der Waals surface area (Å²) in [7, 11) is 0. The van der Waals surface area contributed by atoms with E-state index in [0.29, 0.717) is 26.2 Å². The highest BCUT2D eigenvalue weighted by Crippen LogP contribution is 2.21. The Morgan fingerprint density at radius 3 is 2.22 bits per heavy atom. The largest absolute Gasteiger partial charge is 0.398 e. The summed E-state index contributed by atoms with van der Waals surface area (Å²) in [5.74, 6) is -2.48. The number of hydrogen-bond donors (Lipinski definition) is 1. The highest BCUT2D eigenvalue weighted by atomic mass is 19.2. The Labute approximate surface area is 133 Å². The molecular weight excluding hydrogens is 300 g/mol. The Morgan fingerprint density at radius 2 is 1.57 bits per heavy atom. The summed E-state index contributed by atoms with van der Waals surface area (Å²) in [6.07, 6.45) is 0. The fraction of sp³-hybridized carbons (Fsp3) is 0.235. The average Bonchev–Trinajstić information content (AvgIpc) is 2.58. The van der Waals surface area contributed by atoms with Crippen molar-refractivity contribution in [2.24, 2.45) is 0 Å². The molecule has 0 saturated carbocycles. The maximum Gasteiger partial charge on any atom is 0.256 e. The van der Waals surface area contributed by atoms with Gasteiger partial charge in [0.05, 0.1) is 5.56 Å². The molecule has 2 aromatic rings. The SMILES string of the molecule is Nc1cc(F)c(F)cc1C(=O)N1CCN(c2ccccc2)CC1. The van der Waals surface area contributed by atoms with Crippen LogP contribution in [0.4, 0.5) is 20.2 Å². The van der Waals surface area contributed by atoms with Crippen LogP contribution in [-0.2, 0) is 0 Å². The molecule has 1 saturated heterocycles. The zero-order chi connectivity index (χ0) is 16.4. The zero-order valence-corrected chi connectivity index (χ0v) is 12.5. The van der Waals surface area contributed by atoms with Gasteiger partial charge in [-0.05, 0) is 18.2 Å². The van der Waals surface area contributed by atoms with Crippen LogP contribution in [-0.4, -0.2) is 37.0 Å². The van der Waals surface area contributed by atoms with Gasteiger partial charge < -0.3 is 15.5 Å². The van der Waals surface area contributed by atoms with Crippen molar-refractivity contribution in [1.82, 2.24) is 4.90 Å². The van der Waals surface area contributed by atoms with Crippen LogP contribution in [0.5, 0.6) is 0 Å². The zero-order valence-electron chi connectivity index (χ0n) is 12.5. The second kappa shape index (κ2) is 6.24. The monoisotopic (exact) mass is 317 g/mol. The number of nitrogens with zero attached hydrogens (tertiary/aromatic N) is 2. The van der Waals surface area contributed by atoms with E-state index in [0.717, 1.165) is 17.8 Å². The normalized spacial score (nSPS) is 14.9. The van der Waals surface area contributed by atoms with Crippen molar-refractivity contribution in [3.63, 3.8) is 0 Å². The van der Waals surface area contributed by atoms with Crippen LogP contribution in [0.2, 0.25) is 0 Å². The molecular formula is C17H17F2N3O.